The number of ether oxygens (including phenoxy) is 4. The lowest BCUT2D eigenvalue weighted by Crippen LogP contribution is -2.63. The SMILES string of the molecule is CCOC(=O)[C@@H]1Cc2cc(Cl)ccc2N1[C@@H]1c2cc([N+](=O)[O-])ccc2O[C@@](C)(C(OC)OC)[C@H]1O. The van der Waals surface area contributed by atoms with Crippen molar-refractivity contribution in [2.45, 2.75) is 50.3 Å². The van der Waals surface area contributed by atoms with Crippen molar-refractivity contribution >= 4 is 28.9 Å². The normalized spacial score (nSPS) is 25.1. The number of aliphatic hydroxyl groups is 1. The molecule has 0 fully saturated rings. The van der Waals surface area contributed by atoms with Crippen molar-refractivity contribution in [1.82, 2.24) is 0 Å². The topological polar surface area (TPSA) is 121 Å². The quantitative estimate of drug-likeness (QED) is 0.260. The van der Waals surface area contributed by atoms with Gasteiger partial charge in [-0.3, -0.25) is 10.1 Å². The van der Waals surface area contributed by atoms with Gasteiger partial charge in [0.05, 0.1) is 17.6 Å². The third-order valence-electron chi connectivity index (χ3n) is 6.56. The lowest BCUT2D eigenvalue weighted by molar-refractivity contribution is -0.385. The van der Waals surface area contributed by atoms with Gasteiger partial charge in [0.25, 0.3) is 5.69 Å². The molecule has 35 heavy (non-hydrogen) atoms. The summed E-state index contributed by atoms with van der Waals surface area (Å²) < 4.78 is 22.4. The van der Waals surface area contributed by atoms with Crippen LogP contribution in [0, 0.1) is 10.1 Å². The van der Waals surface area contributed by atoms with Gasteiger partial charge in [0.15, 0.2) is 11.9 Å². The van der Waals surface area contributed by atoms with Crippen LogP contribution >= 0.6 is 11.6 Å². The van der Waals surface area contributed by atoms with Crippen molar-refractivity contribution in [3.8, 4) is 5.75 Å². The molecule has 4 rings (SSSR count). The van der Waals surface area contributed by atoms with E-state index in [2.05, 4.69) is 0 Å². The number of non-ortho nitro benzene ring substituents is 1. The van der Waals surface area contributed by atoms with Crippen LogP contribution in [0.4, 0.5) is 11.4 Å². The fourth-order valence-electron chi connectivity index (χ4n) is 5.03. The van der Waals surface area contributed by atoms with Gasteiger partial charge in [0.1, 0.15) is 17.9 Å². The van der Waals surface area contributed by atoms with Crippen LogP contribution in [0.3, 0.4) is 0 Å². The first kappa shape index (κ1) is 25.2. The van der Waals surface area contributed by atoms with E-state index >= 15 is 0 Å². The van der Waals surface area contributed by atoms with Crippen molar-refractivity contribution in [2.24, 2.45) is 0 Å². The Morgan fingerprint density at radius 3 is 2.66 bits per heavy atom. The van der Waals surface area contributed by atoms with Gasteiger partial charge in [-0.2, -0.15) is 0 Å². The van der Waals surface area contributed by atoms with Gasteiger partial charge in [-0.1, -0.05) is 11.6 Å². The first-order chi connectivity index (χ1) is 16.7. The molecule has 0 radical (unpaired) electrons. The molecule has 0 saturated heterocycles. The van der Waals surface area contributed by atoms with E-state index in [0.717, 1.165) is 5.56 Å². The van der Waals surface area contributed by atoms with Crippen LogP contribution in [0.2, 0.25) is 5.02 Å². The van der Waals surface area contributed by atoms with E-state index in [9.17, 15) is 20.0 Å². The van der Waals surface area contributed by atoms with Crippen LogP contribution in [0.15, 0.2) is 36.4 Å². The Labute approximate surface area is 207 Å². The van der Waals surface area contributed by atoms with E-state index in [4.69, 9.17) is 30.5 Å². The number of methoxy groups -OCH3 is 2. The van der Waals surface area contributed by atoms with Crippen LogP contribution in [0.25, 0.3) is 0 Å². The zero-order valence-corrected chi connectivity index (χ0v) is 20.5. The van der Waals surface area contributed by atoms with Crippen LogP contribution in [0.1, 0.15) is 31.0 Å². The minimum atomic E-state index is -1.42. The monoisotopic (exact) mass is 506 g/mol. The number of carbonyl (C=O) groups excluding carboxylic acids is 1. The average Bonchev–Trinajstić information content (AvgIpc) is 3.18. The lowest BCUT2D eigenvalue weighted by atomic mass is 9.83. The number of anilines is 1. The molecule has 11 heteroatoms. The lowest BCUT2D eigenvalue weighted by Gasteiger charge is -2.50. The zero-order chi connectivity index (χ0) is 25.5. The van der Waals surface area contributed by atoms with Crippen LogP contribution < -0.4 is 9.64 Å². The highest BCUT2D eigenvalue weighted by Gasteiger charge is 2.56. The number of benzene rings is 2. The average molecular weight is 507 g/mol. The number of aliphatic hydroxyl groups excluding tert-OH is 1. The Morgan fingerprint density at radius 2 is 2.03 bits per heavy atom. The van der Waals surface area contributed by atoms with E-state index in [1.165, 1.54) is 32.4 Å². The second-order valence-corrected chi connectivity index (χ2v) is 9.05. The molecule has 188 valence electrons. The van der Waals surface area contributed by atoms with E-state index in [1.54, 1.807) is 36.9 Å². The summed E-state index contributed by atoms with van der Waals surface area (Å²) in [6.07, 6.45) is -2.03. The fourth-order valence-corrected chi connectivity index (χ4v) is 5.23. The second kappa shape index (κ2) is 9.62. The minimum absolute atomic E-state index is 0.172. The van der Waals surface area contributed by atoms with Crippen LogP contribution in [-0.4, -0.2) is 60.9 Å². The molecule has 2 aliphatic heterocycles. The third kappa shape index (κ3) is 4.20. The van der Waals surface area contributed by atoms with Gasteiger partial charge in [0.2, 0.25) is 0 Å². The predicted molar refractivity (Wildman–Crippen MR) is 127 cm³/mol. The van der Waals surface area contributed by atoms with Gasteiger partial charge in [0, 0.05) is 49.0 Å². The Balaban J connectivity index is 1.95. The molecule has 0 amide bonds. The predicted octanol–water partition coefficient (Wildman–Crippen LogP) is 3.41. The number of fused-ring (bicyclic) bond motifs is 2. The summed E-state index contributed by atoms with van der Waals surface area (Å²) in [5, 5.41) is 23.9. The molecule has 2 aliphatic rings. The molecule has 0 aromatic heterocycles. The van der Waals surface area contributed by atoms with Crippen LogP contribution in [-0.2, 0) is 25.4 Å². The smallest absolute Gasteiger partial charge is 0.329 e. The molecule has 0 saturated carbocycles. The second-order valence-electron chi connectivity index (χ2n) is 8.61. The van der Waals surface area contributed by atoms with Crippen molar-refractivity contribution in [1.29, 1.82) is 0 Å². The Hall–Kier alpha value is -2.92. The summed E-state index contributed by atoms with van der Waals surface area (Å²) in [5.74, 6) is -0.181. The molecule has 2 aromatic carbocycles. The number of nitro benzene ring substituents is 1. The summed E-state index contributed by atoms with van der Waals surface area (Å²) >= 11 is 6.22. The number of esters is 1. The Morgan fingerprint density at radius 1 is 1.31 bits per heavy atom. The number of nitro groups is 1. The van der Waals surface area contributed by atoms with E-state index in [1.807, 2.05) is 0 Å². The number of nitrogens with zero attached hydrogens (tertiary/aromatic N) is 2. The van der Waals surface area contributed by atoms with Gasteiger partial charge in [-0.15, -0.1) is 0 Å². The molecule has 0 unspecified atom stereocenters. The molecule has 2 aromatic rings. The number of hydrogen-bond acceptors (Lipinski definition) is 9. The molecule has 1 N–H and O–H groups in total. The van der Waals surface area contributed by atoms with Gasteiger partial charge in [-0.05, 0) is 43.7 Å². The minimum Gasteiger partial charge on any atom is -0.479 e. The number of hydrogen-bond donors (Lipinski definition) is 1. The molecular weight excluding hydrogens is 480 g/mol. The summed E-state index contributed by atoms with van der Waals surface area (Å²) in [5.41, 5.74) is 0.201. The summed E-state index contributed by atoms with van der Waals surface area (Å²) in [4.78, 5) is 25.9. The van der Waals surface area contributed by atoms with E-state index in [0.29, 0.717) is 22.0 Å². The van der Waals surface area contributed by atoms with Gasteiger partial charge >= 0.3 is 5.97 Å². The highest BCUT2D eigenvalue weighted by Crippen LogP contribution is 2.50. The maximum Gasteiger partial charge on any atom is 0.329 e. The number of rotatable bonds is 7. The summed E-state index contributed by atoms with van der Waals surface area (Å²) in [6, 6.07) is 7.62. The molecule has 2 heterocycles. The first-order valence-electron chi connectivity index (χ1n) is 11.1. The molecule has 10 nitrogen and oxygen atoms in total. The standard InChI is InChI=1S/C24H27ClN2O8/c1-5-34-22(29)18-11-13-10-14(25)6-8-17(13)26(18)20-16-12-15(27(30)31)7-9-19(16)35-24(2,21(20)28)23(32-3)33-4/h6-10,12,18,20-21,23,28H,5,11H2,1-4H3/t18-,20+,21-,24+/m0/s1. The summed E-state index contributed by atoms with van der Waals surface area (Å²) in [7, 11) is 2.84. The molecule has 4 atom stereocenters. The third-order valence-corrected chi connectivity index (χ3v) is 6.80. The fraction of sp³-hybridized carbons (Fsp3) is 0.458. The first-order valence-corrected chi connectivity index (χ1v) is 11.5. The Kier molecular flexibility index (Phi) is 6.92. The van der Waals surface area contributed by atoms with Crippen molar-refractivity contribution in [2.75, 3.05) is 25.7 Å². The van der Waals surface area contributed by atoms with Crippen molar-refractivity contribution in [3.63, 3.8) is 0 Å². The van der Waals surface area contributed by atoms with Crippen molar-refractivity contribution in [3.05, 3.63) is 62.7 Å². The zero-order valence-electron chi connectivity index (χ0n) is 19.8. The van der Waals surface area contributed by atoms with E-state index < -0.39 is 41.0 Å². The molecule has 0 bridgehead atoms. The number of halogens is 1. The largest absolute Gasteiger partial charge is 0.479 e. The molecule has 0 spiro atoms. The highest BCUT2D eigenvalue weighted by atomic mass is 35.5. The Bertz CT molecular complexity index is 1140. The highest BCUT2D eigenvalue weighted by molar-refractivity contribution is 6.30. The summed E-state index contributed by atoms with van der Waals surface area (Å²) in [6.45, 7) is 3.51. The van der Waals surface area contributed by atoms with Crippen molar-refractivity contribution < 1.29 is 33.8 Å². The maximum atomic E-state index is 13.1. The van der Waals surface area contributed by atoms with Gasteiger partial charge < -0.3 is 29.0 Å². The van der Waals surface area contributed by atoms with Crippen LogP contribution in [0.5, 0.6) is 5.75 Å². The molecular formula is C24H27ClN2O8. The maximum absolute atomic E-state index is 13.1. The number of carbonyl (C=O) groups is 1. The molecule has 0 aliphatic carbocycles. The van der Waals surface area contributed by atoms with Gasteiger partial charge in [-0.25, -0.2) is 4.79 Å². The van der Waals surface area contributed by atoms with E-state index in [-0.39, 0.29) is 18.7 Å².